The number of ether oxygens (including phenoxy) is 1. The molecule has 0 saturated carbocycles. The van der Waals surface area contributed by atoms with E-state index in [1.165, 1.54) is 0 Å². The molecule has 4 nitrogen and oxygen atoms in total. The maximum atomic E-state index is 12.4. The van der Waals surface area contributed by atoms with Gasteiger partial charge in [0.1, 0.15) is 11.6 Å². The summed E-state index contributed by atoms with van der Waals surface area (Å²) in [6, 6.07) is 5.00. The van der Waals surface area contributed by atoms with Crippen LogP contribution in [-0.4, -0.2) is 28.4 Å². The van der Waals surface area contributed by atoms with Crippen LogP contribution in [-0.2, 0) is 16.1 Å². The van der Waals surface area contributed by atoms with Crippen LogP contribution in [0.3, 0.4) is 0 Å². The van der Waals surface area contributed by atoms with E-state index >= 15 is 0 Å². The highest BCUT2D eigenvalue weighted by Crippen LogP contribution is 2.28. The Bertz CT molecular complexity index is 563. The molecule has 1 aliphatic heterocycles. The highest BCUT2D eigenvalue weighted by atomic mass is 79.9. The van der Waals surface area contributed by atoms with E-state index in [0.29, 0.717) is 12.1 Å². The molecule has 5 heteroatoms. The van der Waals surface area contributed by atoms with Crippen LogP contribution in [0.4, 0.5) is 0 Å². The molecule has 108 valence electrons. The Morgan fingerprint density at radius 3 is 2.65 bits per heavy atom. The third kappa shape index (κ3) is 3.03. The highest BCUT2D eigenvalue weighted by molar-refractivity contribution is 9.10. The van der Waals surface area contributed by atoms with E-state index in [-0.39, 0.29) is 11.9 Å². The van der Waals surface area contributed by atoms with E-state index in [1.54, 1.807) is 17.9 Å². The van der Waals surface area contributed by atoms with Gasteiger partial charge in [0, 0.05) is 16.6 Å². The second-order valence-electron chi connectivity index (χ2n) is 5.94. The molecular formula is C15H18BrNO3. The van der Waals surface area contributed by atoms with Crippen LogP contribution in [0.2, 0.25) is 0 Å². The standard InChI is InChI=1S/C15H18BrNO3/c1-9(14(19)20-15(2,3)4)17-8-10-5-6-11(16)7-12(10)13(17)18/h5-7,9H,8H2,1-4H3/t9-/m1/s1. The maximum Gasteiger partial charge on any atom is 0.329 e. The quantitative estimate of drug-likeness (QED) is 0.777. The third-order valence-corrected chi connectivity index (χ3v) is 3.61. The van der Waals surface area contributed by atoms with Gasteiger partial charge in [-0.1, -0.05) is 22.0 Å². The molecule has 1 aromatic carbocycles. The van der Waals surface area contributed by atoms with Crippen LogP contribution >= 0.6 is 15.9 Å². The van der Waals surface area contributed by atoms with Crippen molar-refractivity contribution in [2.75, 3.05) is 0 Å². The minimum absolute atomic E-state index is 0.125. The van der Waals surface area contributed by atoms with Crippen LogP contribution in [0.15, 0.2) is 22.7 Å². The summed E-state index contributed by atoms with van der Waals surface area (Å²) in [5.41, 5.74) is 1.03. The number of esters is 1. The average molecular weight is 340 g/mol. The first kappa shape index (κ1) is 15.0. The molecule has 2 rings (SSSR count). The molecule has 0 radical (unpaired) electrons. The first-order chi connectivity index (χ1) is 9.19. The summed E-state index contributed by atoms with van der Waals surface area (Å²) in [6.07, 6.45) is 0. The van der Waals surface area contributed by atoms with Gasteiger partial charge < -0.3 is 9.64 Å². The van der Waals surface area contributed by atoms with Crippen molar-refractivity contribution in [3.63, 3.8) is 0 Å². The zero-order valence-electron chi connectivity index (χ0n) is 12.1. The van der Waals surface area contributed by atoms with Crippen molar-refractivity contribution in [1.29, 1.82) is 0 Å². The Hall–Kier alpha value is -1.36. The molecule has 20 heavy (non-hydrogen) atoms. The fourth-order valence-corrected chi connectivity index (χ4v) is 2.48. The van der Waals surface area contributed by atoms with Gasteiger partial charge in [0.05, 0.1) is 0 Å². The lowest BCUT2D eigenvalue weighted by molar-refractivity contribution is -0.159. The number of fused-ring (bicyclic) bond motifs is 1. The molecule has 1 heterocycles. The molecule has 0 bridgehead atoms. The number of benzene rings is 1. The van der Waals surface area contributed by atoms with Crippen molar-refractivity contribution in [3.8, 4) is 0 Å². The van der Waals surface area contributed by atoms with Crippen molar-refractivity contribution in [2.45, 2.75) is 45.9 Å². The van der Waals surface area contributed by atoms with Gasteiger partial charge >= 0.3 is 5.97 Å². The van der Waals surface area contributed by atoms with E-state index in [1.807, 2.05) is 32.9 Å². The van der Waals surface area contributed by atoms with Gasteiger partial charge in [-0.3, -0.25) is 4.79 Å². The number of carbonyl (C=O) groups is 2. The Balaban J connectivity index is 2.17. The predicted molar refractivity (Wildman–Crippen MR) is 79.3 cm³/mol. The van der Waals surface area contributed by atoms with Gasteiger partial charge in [0.2, 0.25) is 0 Å². The summed E-state index contributed by atoms with van der Waals surface area (Å²) in [7, 11) is 0. The number of nitrogens with zero attached hydrogens (tertiary/aromatic N) is 1. The summed E-state index contributed by atoms with van der Waals surface area (Å²) in [6.45, 7) is 7.59. The van der Waals surface area contributed by atoms with Crippen LogP contribution in [0.1, 0.15) is 43.6 Å². The van der Waals surface area contributed by atoms with Gasteiger partial charge in [-0.05, 0) is 45.4 Å². The minimum Gasteiger partial charge on any atom is -0.458 e. The van der Waals surface area contributed by atoms with Gasteiger partial charge in [-0.25, -0.2) is 4.79 Å². The fourth-order valence-electron chi connectivity index (χ4n) is 2.12. The topological polar surface area (TPSA) is 46.6 Å². The minimum atomic E-state index is -0.590. The lowest BCUT2D eigenvalue weighted by Crippen LogP contribution is -2.42. The Kier molecular flexibility index (Phi) is 3.91. The van der Waals surface area contributed by atoms with E-state index in [4.69, 9.17) is 4.74 Å². The fraction of sp³-hybridized carbons (Fsp3) is 0.467. The van der Waals surface area contributed by atoms with E-state index in [2.05, 4.69) is 15.9 Å². The number of carbonyl (C=O) groups excluding carboxylic acids is 2. The van der Waals surface area contributed by atoms with Crippen LogP contribution in [0, 0.1) is 0 Å². The average Bonchev–Trinajstić information content (AvgIpc) is 2.64. The van der Waals surface area contributed by atoms with Gasteiger partial charge in [-0.15, -0.1) is 0 Å². The van der Waals surface area contributed by atoms with Crippen molar-refractivity contribution in [1.82, 2.24) is 4.90 Å². The lowest BCUT2D eigenvalue weighted by Gasteiger charge is -2.27. The van der Waals surface area contributed by atoms with E-state index < -0.39 is 11.6 Å². The molecule has 0 aliphatic carbocycles. The molecule has 1 amide bonds. The van der Waals surface area contributed by atoms with Gasteiger partial charge in [-0.2, -0.15) is 0 Å². The number of rotatable bonds is 2. The zero-order valence-corrected chi connectivity index (χ0v) is 13.7. The molecule has 0 spiro atoms. The zero-order chi connectivity index (χ0) is 15.1. The molecule has 1 atom stereocenters. The summed E-state index contributed by atoms with van der Waals surface area (Å²) in [4.78, 5) is 26.0. The Morgan fingerprint density at radius 2 is 2.05 bits per heavy atom. The summed E-state index contributed by atoms with van der Waals surface area (Å²) in [5.74, 6) is -0.502. The molecule has 0 N–H and O–H groups in total. The molecule has 0 saturated heterocycles. The maximum absolute atomic E-state index is 12.4. The lowest BCUT2D eigenvalue weighted by atomic mass is 10.1. The van der Waals surface area contributed by atoms with Crippen LogP contribution in [0.25, 0.3) is 0 Å². The van der Waals surface area contributed by atoms with Crippen LogP contribution < -0.4 is 0 Å². The van der Waals surface area contributed by atoms with Gasteiger partial charge in [0.25, 0.3) is 5.91 Å². The number of hydrogen-bond donors (Lipinski definition) is 0. The third-order valence-electron chi connectivity index (χ3n) is 3.12. The van der Waals surface area contributed by atoms with E-state index in [9.17, 15) is 9.59 Å². The SMILES string of the molecule is C[C@H](C(=O)OC(C)(C)C)N1Cc2ccc(Br)cc2C1=O. The molecule has 0 unspecified atom stereocenters. The Labute approximate surface area is 127 Å². The largest absolute Gasteiger partial charge is 0.458 e. The number of amides is 1. The molecule has 0 fully saturated rings. The number of halogens is 1. The second-order valence-corrected chi connectivity index (χ2v) is 6.86. The molecule has 0 aromatic heterocycles. The van der Waals surface area contributed by atoms with Crippen LogP contribution in [0.5, 0.6) is 0 Å². The Morgan fingerprint density at radius 1 is 1.40 bits per heavy atom. The van der Waals surface area contributed by atoms with Crippen molar-refractivity contribution in [3.05, 3.63) is 33.8 Å². The first-order valence-electron chi connectivity index (χ1n) is 6.51. The van der Waals surface area contributed by atoms with Gasteiger partial charge in [0.15, 0.2) is 0 Å². The van der Waals surface area contributed by atoms with Crippen molar-refractivity contribution < 1.29 is 14.3 Å². The first-order valence-corrected chi connectivity index (χ1v) is 7.30. The molecule has 1 aromatic rings. The highest BCUT2D eigenvalue weighted by Gasteiger charge is 2.35. The second kappa shape index (κ2) is 5.20. The summed E-state index contributed by atoms with van der Waals surface area (Å²) < 4.78 is 6.20. The molecular weight excluding hydrogens is 322 g/mol. The predicted octanol–water partition coefficient (Wildman–Crippen LogP) is 3.14. The monoisotopic (exact) mass is 339 g/mol. The summed E-state index contributed by atoms with van der Waals surface area (Å²) >= 11 is 3.36. The smallest absolute Gasteiger partial charge is 0.329 e. The molecule has 1 aliphatic rings. The van der Waals surface area contributed by atoms with Crippen molar-refractivity contribution >= 4 is 27.8 Å². The van der Waals surface area contributed by atoms with E-state index in [0.717, 1.165) is 10.0 Å². The summed E-state index contributed by atoms with van der Waals surface area (Å²) in [5, 5.41) is 0. The number of hydrogen-bond acceptors (Lipinski definition) is 3. The van der Waals surface area contributed by atoms with Crippen molar-refractivity contribution in [2.24, 2.45) is 0 Å². The normalized spacial score (nSPS) is 16.1.